The van der Waals surface area contributed by atoms with E-state index in [0.717, 1.165) is 0 Å². The van der Waals surface area contributed by atoms with Gasteiger partial charge >= 0.3 is 0 Å². The molecule has 0 fully saturated rings. The van der Waals surface area contributed by atoms with Crippen molar-refractivity contribution in [1.82, 2.24) is 4.57 Å². The van der Waals surface area contributed by atoms with E-state index in [1.165, 1.54) is 71.3 Å². The lowest BCUT2D eigenvalue weighted by Crippen LogP contribution is -1.95. The first-order valence-corrected chi connectivity index (χ1v) is 13.5. The second-order valence-corrected chi connectivity index (χ2v) is 10.2. The van der Waals surface area contributed by atoms with Crippen molar-refractivity contribution >= 4 is 43.4 Å². The number of aromatic nitrogens is 1. The average molecular weight is 496 g/mol. The molecule has 0 aliphatic heterocycles. The van der Waals surface area contributed by atoms with Crippen molar-refractivity contribution in [3.05, 3.63) is 152 Å². The van der Waals surface area contributed by atoms with Gasteiger partial charge in [-0.25, -0.2) is 0 Å². The maximum absolute atomic E-state index is 2.41. The van der Waals surface area contributed by atoms with Gasteiger partial charge in [-0.3, -0.25) is 0 Å². The number of benzene rings is 7. The average Bonchev–Trinajstić information content (AvgIpc) is 3.36. The molecule has 39 heavy (non-hydrogen) atoms. The molecular formula is C38H25N. The summed E-state index contributed by atoms with van der Waals surface area (Å²) in [6.07, 6.45) is 0. The van der Waals surface area contributed by atoms with Gasteiger partial charge in [0.25, 0.3) is 0 Å². The summed E-state index contributed by atoms with van der Waals surface area (Å²) in [5.74, 6) is 0. The first kappa shape index (κ1) is 21.9. The van der Waals surface area contributed by atoms with E-state index in [1.54, 1.807) is 0 Å². The third-order valence-corrected chi connectivity index (χ3v) is 7.96. The van der Waals surface area contributed by atoms with Gasteiger partial charge in [0.1, 0.15) is 0 Å². The fourth-order valence-corrected chi connectivity index (χ4v) is 6.24. The summed E-state index contributed by atoms with van der Waals surface area (Å²) in [6.45, 7) is 0. The molecule has 0 N–H and O–H groups in total. The zero-order valence-electron chi connectivity index (χ0n) is 21.4. The SMILES string of the molecule is c1ccc(-n2c3ccccc3c3cccc(-c4cccc(-c5cc6ccccc6c6ccccc56)c4)c32)cc1. The van der Waals surface area contributed by atoms with Crippen LogP contribution in [0.4, 0.5) is 0 Å². The van der Waals surface area contributed by atoms with Crippen LogP contribution in [0.2, 0.25) is 0 Å². The lowest BCUT2D eigenvalue weighted by Gasteiger charge is -2.14. The van der Waals surface area contributed by atoms with Crippen LogP contribution in [0.25, 0.3) is 71.3 Å². The largest absolute Gasteiger partial charge is 0.309 e. The maximum Gasteiger partial charge on any atom is 0.0619 e. The second kappa shape index (κ2) is 8.72. The summed E-state index contributed by atoms with van der Waals surface area (Å²) in [6, 6.07) is 55.0. The number of para-hydroxylation sites is 3. The molecule has 0 saturated carbocycles. The van der Waals surface area contributed by atoms with Gasteiger partial charge in [-0.05, 0) is 68.6 Å². The standard InChI is InChI=1S/C38H25N/c1-2-15-29(16-3-1)39-37-23-9-8-20-34(37)35-22-11-21-31(38(35)39)26-13-10-14-27(24-26)36-25-28-12-4-5-17-30(28)32-18-6-7-19-33(32)36/h1-25H. The van der Waals surface area contributed by atoms with Gasteiger partial charge in [0.05, 0.1) is 11.0 Å². The quantitative estimate of drug-likeness (QED) is 0.215. The van der Waals surface area contributed by atoms with Crippen molar-refractivity contribution in [2.45, 2.75) is 0 Å². The highest BCUT2D eigenvalue weighted by molar-refractivity contribution is 6.15. The number of fused-ring (bicyclic) bond motifs is 6. The van der Waals surface area contributed by atoms with Crippen molar-refractivity contribution in [2.75, 3.05) is 0 Å². The van der Waals surface area contributed by atoms with Crippen LogP contribution in [-0.4, -0.2) is 4.57 Å². The maximum atomic E-state index is 2.41. The lowest BCUT2D eigenvalue weighted by molar-refractivity contribution is 1.18. The first-order chi connectivity index (χ1) is 19.4. The predicted molar refractivity (Wildman–Crippen MR) is 167 cm³/mol. The minimum absolute atomic E-state index is 1.17. The normalized spacial score (nSPS) is 11.6. The van der Waals surface area contributed by atoms with Crippen LogP contribution < -0.4 is 0 Å². The molecule has 8 rings (SSSR count). The summed E-state index contributed by atoms with van der Waals surface area (Å²) in [5.41, 5.74) is 8.59. The molecule has 7 aromatic carbocycles. The van der Waals surface area contributed by atoms with Crippen LogP contribution in [0.3, 0.4) is 0 Å². The molecule has 0 aliphatic carbocycles. The zero-order valence-corrected chi connectivity index (χ0v) is 21.4. The van der Waals surface area contributed by atoms with E-state index >= 15 is 0 Å². The minimum atomic E-state index is 1.17. The highest BCUT2D eigenvalue weighted by Crippen LogP contribution is 2.40. The van der Waals surface area contributed by atoms with Crippen molar-refractivity contribution < 1.29 is 0 Å². The number of nitrogens with zero attached hydrogens (tertiary/aromatic N) is 1. The molecule has 1 heterocycles. The van der Waals surface area contributed by atoms with Gasteiger partial charge in [-0.1, -0.05) is 121 Å². The molecule has 1 nitrogen and oxygen atoms in total. The van der Waals surface area contributed by atoms with Crippen LogP contribution in [0.1, 0.15) is 0 Å². The third kappa shape index (κ3) is 3.41. The fraction of sp³-hybridized carbons (Fsp3) is 0. The molecule has 8 aromatic rings. The van der Waals surface area contributed by atoms with E-state index in [9.17, 15) is 0 Å². The molecule has 0 unspecified atom stereocenters. The van der Waals surface area contributed by atoms with Gasteiger partial charge in [-0.2, -0.15) is 0 Å². The van der Waals surface area contributed by atoms with Gasteiger partial charge < -0.3 is 4.57 Å². The molecule has 1 heteroatoms. The molecule has 0 atom stereocenters. The highest BCUT2D eigenvalue weighted by atomic mass is 15.0. The van der Waals surface area contributed by atoms with Gasteiger partial charge in [-0.15, -0.1) is 0 Å². The number of rotatable bonds is 3. The van der Waals surface area contributed by atoms with Crippen LogP contribution >= 0.6 is 0 Å². The summed E-state index contributed by atoms with van der Waals surface area (Å²) >= 11 is 0. The Morgan fingerprint density at radius 2 is 0.974 bits per heavy atom. The minimum Gasteiger partial charge on any atom is -0.309 e. The van der Waals surface area contributed by atoms with E-state index in [4.69, 9.17) is 0 Å². The van der Waals surface area contributed by atoms with Crippen molar-refractivity contribution in [3.8, 4) is 27.9 Å². The highest BCUT2D eigenvalue weighted by Gasteiger charge is 2.17. The Hall–Kier alpha value is -5.14. The van der Waals surface area contributed by atoms with E-state index in [1.807, 2.05) is 0 Å². The van der Waals surface area contributed by atoms with Crippen LogP contribution in [0, 0.1) is 0 Å². The Labute approximate surface area is 227 Å². The molecule has 1 aromatic heterocycles. The Balaban J connectivity index is 1.41. The molecule has 0 radical (unpaired) electrons. The predicted octanol–water partition coefficient (Wildman–Crippen LogP) is 10.4. The van der Waals surface area contributed by atoms with Crippen molar-refractivity contribution in [2.24, 2.45) is 0 Å². The van der Waals surface area contributed by atoms with Gasteiger partial charge in [0.15, 0.2) is 0 Å². The smallest absolute Gasteiger partial charge is 0.0619 e. The van der Waals surface area contributed by atoms with E-state index in [-0.39, 0.29) is 0 Å². The Morgan fingerprint density at radius 3 is 1.82 bits per heavy atom. The molecular weight excluding hydrogens is 470 g/mol. The van der Waals surface area contributed by atoms with Crippen LogP contribution in [0.15, 0.2) is 152 Å². The summed E-state index contributed by atoms with van der Waals surface area (Å²) in [7, 11) is 0. The molecule has 182 valence electrons. The van der Waals surface area contributed by atoms with E-state index < -0.39 is 0 Å². The van der Waals surface area contributed by atoms with Crippen LogP contribution in [0.5, 0.6) is 0 Å². The Bertz CT molecular complexity index is 2170. The number of hydrogen-bond acceptors (Lipinski definition) is 0. The van der Waals surface area contributed by atoms with Crippen LogP contribution in [-0.2, 0) is 0 Å². The molecule has 0 bridgehead atoms. The van der Waals surface area contributed by atoms with E-state index in [2.05, 4.69) is 156 Å². The molecule has 0 aliphatic rings. The first-order valence-electron chi connectivity index (χ1n) is 13.5. The third-order valence-electron chi connectivity index (χ3n) is 7.96. The van der Waals surface area contributed by atoms with Crippen molar-refractivity contribution in [3.63, 3.8) is 0 Å². The van der Waals surface area contributed by atoms with Gasteiger partial charge in [0.2, 0.25) is 0 Å². The molecule has 0 amide bonds. The Morgan fingerprint density at radius 1 is 0.359 bits per heavy atom. The van der Waals surface area contributed by atoms with Crippen molar-refractivity contribution in [1.29, 1.82) is 0 Å². The summed E-state index contributed by atoms with van der Waals surface area (Å²) in [4.78, 5) is 0. The summed E-state index contributed by atoms with van der Waals surface area (Å²) in [5, 5.41) is 7.68. The van der Waals surface area contributed by atoms with Gasteiger partial charge in [0, 0.05) is 22.0 Å². The topological polar surface area (TPSA) is 4.93 Å². The lowest BCUT2D eigenvalue weighted by atomic mass is 9.91. The Kier molecular flexibility index (Phi) is 4.89. The monoisotopic (exact) mass is 495 g/mol. The van der Waals surface area contributed by atoms with E-state index in [0.29, 0.717) is 0 Å². The fourth-order valence-electron chi connectivity index (χ4n) is 6.24. The molecule has 0 saturated heterocycles. The number of hydrogen-bond donors (Lipinski definition) is 0. The zero-order chi connectivity index (χ0) is 25.8. The summed E-state index contributed by atoms with van der Waals surface area (Å²) < 4.78 is 2.41. The second-order valence-electron chi connectivity index (χ2n) is 10.2. The molecule has 0 spiro atoms.